The lowest BCUT2D eigenvalue weighted by molar-refractivity contribution is 0.414. The largest absolute Gasteiger partial charge is 0.497 e. The lowest BCUT2D eigenvalue weighted by atomic mass is 10.1. The number of hydrogen-bond donors (Lipinski definition) is 2. The van der Waals surface area contributed by atoms with Gasteiger partial charge in [-0.05, 0) is 58.7 Å². The van der Waals surface area contributed by atoms with Gasteiger partial charge in [-0.1, -0.05) is 12.2 Å². The van der Waals surface area contributed by atoms with Crippen molar-refractivity contribution < 1.29 is 9.13 Å². The molecule has 0 aliphatic rings. The first-order valence-corrected chi connectivity index (χ1v) is 7.33. The van der Waals surface area contributed by atoms with Crippen molar-refractivity contribution in [3.05, 3.63) is 51.7 Å². The molecule has 0 amide bonds. The molecule has 0 saturated heterocycles. The number of hydrogen-bond acceptors (Lipinski definition) is 3. The van der Waals surface area contributed by atoms with E-state index >= 15 is 0 Å². The summed E-state index contributed by atoms with van der Waals surface area (Å²) in [5.74, 6) is 0.319. The summed E-state index contributed by atoms with van der Waals surface area (Å²) in [4.78, 5) is 0.146. The molecule has 0 heterocycles. The van der Waals surface area contributed by atoms with E-state index in [1.807, 2.05) is 25.1 Å². The summed E-state index contributed by atoms with van der Waals surface area (Å²) in [5, 5.41) is 3.05. The maximum atomic E-state index is 14.3. The molecule has 110 valence electrons. The van der Waals surface area contributed by atoms with Crippen molar-refractivity contribution in [3.63, 3.8) is 0 Å². The van der Waals surface area contributed by atoms with Crippen LogP contribution in [-0.2, 0) is 0 Å². The summed E-state index contributed by atoms with van der Waals surface area (Å²) in [6.07, 6.45) is 0. The second-order valence-corrected chi connectivity index (χ2v) is 5.69. The number of thiocarbonyl (C=S) groups is 1. The Morgan fingerprint density at radius 1 is 1.29 bits per heavy atom. The van der Waals surface area contributed by atoms with E-state index in [0.29, 0.717) is 11.3 Å². The van der Waals surface area contributed by atoms with Gasteiger partial charge in [0.15, 0.2) is 5.82 Å². The standard InChI is InChI=1S/C15H14BrFN2OS/c1-8-7-9(20-2)3-5-11(8)19-12-6-4-10(15(18)21)13(16)14(12)17/h3-7,19H,1-2H3,(H2,18,21). The van der Waals surface area contributed by atoms with Gasteiger partial charge >= 0.3 is 0 Å². The number of ether oxygens (including phenoxy) is 1. The monoisotopic (exact) mass is 368 g/mol. The molecule has 0 fully saturated rings. The number of anilines is 2. The Balaban J connectivity index is 2.36. The minimum atomic E-state index is -0.435. The zero-order chi connectivity index (χ0) is 15.6. The van der Waals surface area contributed by atoms with E-state index < -0.39 is 5.82 Å². The first-order valence-electron chi connectivity index (χ1n) is 6.13. The van der Waals surface area contributed by atoms with Crippen molar-refractivity contribution >= 4 is 44.5 Å². The SMILES string of the molecule is COc1ccc(Nc2ccc(C(N)=S)c(Br)c2F)c(C)c1. The van der Waals surface area contributed by atoms with E-state index in [-0.39, 0.29) is 9.46 Å². The number of rotatable bonds is 4. The van der Waals surface area contributed by atoms with Crippen LogP contribution in [0.1, 0.15) is 11.1 Å². The van der Waals surface area contributed by atoms with Crippen molar-refractivity contribution in [1.82, 2.24) is 0 Å². The van der Waals surface area contributed by atoms with Crippen LogP contribution in [0.2, 0.25) is 0 Å². The molecule has 0 saturated carbocycles. The van der Waals surface area contributed by atoms with Crippen LogP contribution in [0.5, 0.6) is 5.75 Å². The molecule has 3 nitrogen and oxygen atoms in total. The van der Waals surface area contributed by atoms with E-state index in [0.717, 1.165) is 17.0 Å². The Kier molecular flexibility index (Phi) is 4.80. The van der Waals surface area contributed by atoms with Crippen LogP contribution in [0, 0.1) is 12.7 Å². The van der Waals surface area contributed by atoms with E-state index in [4.69, 9.17) is 22.7 Å². The highest BCUT2D eigenvalue weighted by Crippen LogP contribution is 2.31. The van der Waals surface area contributed by atoms with Gasteiger partial charge in [-0.25, -0.2) is 4.39 Å². The Bertz CT molecular complexity index is 706. The topological polar surface area (TPSA) is 47.3 Å². The van der Waals surface area contributed by atoms with Gasteiger partial charge in [0.2, 0.25) is 0 Å². The summed E-state index contributed by atoms with van der Waals surface area (Å²) in [6.45, 7) is 1.92. The molecule has 6 heteroatoms. The first-order chi connectivity index (χ1) is 9.93. The average molecular weight is 369 g/mol. The molecular weight excluding hydrogens is 355 g/mol. The molecule has 3 N–H and O–H groups in total. The van der Waals surface area contributed by atoms with E-state index in [1.165, 1.54) is 0 Å². The number of nitrogens with two attached hydrogens (primary N) is 1. The lowest BCUT2D eigenvalue weighted by Crippen LogP contribution is -2.11. The van der Waals surface area contributed by atoms with E-state index in [9.17, 15) is 4.39 Å². The second kappa shape index (κ2) is 6.41. The molecule has 2 rings (SSSR count). The lowest BCUT2D eigenvalue weighted by Gasteiger charge is -2.13. The fourth-order valence-electron chi connectivity index (χ4n) is 1.88. The van der Waals surface area contributed by atoms with Crippen LogP contribution in [0.25, 0.3) is 0 Å². The smallest absolute Gasteiger partial charge is 0.161 e. The maximum absolute atomic E-state index is 14.3. The number of methoxy groups -OCH3 is 1. The van der Waals surface area contributed by atoms with Gasteiger partial charge in [0.25, 0.3) is 0 Å². The fourth-order valence-corrected chi connectivity index (χ4v) is 2.75. The second-order valence-electron chi connectivity index (χ2n) is 4.46. The summed E-state index contributed by atoms with van der Waals surface area (Å²) in [7, 11) is 1.60. The molecule has 0 aliphatic carbocycles. The molecule has 0 radical (unpaired) electrons. The van der Waals surface area contributed by atoms with Crippen LogP contribution < -0.4 is 15.8 Å². The third-order valence-corrected chi connectivity index (χ3v) is 4.05. The van der Waals surface area contributed by atoms with Crippen molar-refractivity contribution in [1.29, 1.82) is 0 Å². The summed E-state index contributed by atoms with van der Waals surface area (Å²) >= 11 is 8.06. The van der Waals surface area contributed by atoms with Gasteiger partial charge in [0.1, 0.15) is 10.7 Å². The Hall–Kier alpha value is -1.66. The molecule has 0 aliphatic heterocycles. The highest BCUT2D eigenvalue weighted by molar-refractivity contribution is 9.10. The molecule has 21 heavy (non-hydrogen) atoms. The van der Waals surface area contributed by atoms with Crippen LogP contribution in [0.4, 0.5) is 15.8 Å². The van der Waals surface area contributed by atoms with Gasteiger partial charge in [0.05, 0.1) is 17.3 Å². The van der Waals surface area contributed by atoms with Crippen molar-refractivity contribution in [2.75, 3.05) is 12.4 Å². The Morgan fingerprint density at radius 2 is 1.95 bits per heavy atom. The highest BCUT2D eigenvalue weighted by atomic mass is 79.9. The minimum Gasteiger partial charge on any atom is -0.497 e. The van der Waals surface area contributed by atoms with Crippen molar-refractivity contribution in [2.24, 2.45) is 5.73 Å². The predicted molar refractivity (Wildman–Crippen MR) is 91.0 cm³/mol. The van der Waals surface area contributed by atoms with E-state index in [2.05, 4.69) is 21.2 Å². The predicted octanol–water partition coefficient (Wildman–Crippen LogP) is 4.28. The van der Waals surface area contributed by atoms with Gasteiger partial charge in [-0.2, -0.15) is 0 Å². The zero-order valence-electron chi connectivity index (χ0n) is 11.5. The highest BCUT2D eigenvalue weighted by Gasteiger charge is 2.13. The third kappa shape index (κ3) is 3.33. The summed E-state index contributed by atoms with van der Waals surface area (Å²) < 4.78 is 19.7. The zero-order valence-corrected chi connectivity index (χ0v) is 13.9. The molecule has 2 aromatic carbocycles. The maximum Gasteiger partial charge on any atom is 0.161 e. The Morgan fingerprint density at radius 3 is 2.52 bits per heavy atom. The van der Waals surface area contributed by atoms with Crippen LogP contribution in [0.15, 0.2) is 34.8 Å². The fraction of sp³-hybridized carbons (Fsp3) is 0.133. The normalized spacial score (nSPS) is 10.3. The quantitative estimate of drug-likeness (QED) is 0.790. The number of benzene rings is 2. The molecular formula is C15H14BrFN2OS. The number of halogens is 2. The number of nitrogens with one attached hydrogen (secondary N) is 1. The Labute approximate surface area is 136 Å². The summed E-state index contributed by atoms with van der Waals surface area (Å²) in [5.41, 5.74) is 8.10. The van der Waals surface area contributed by atoms with E-state index in [1.54, 1.807) is 19.2 Å². The first kappa shape index (κ1) is 15.7. The molecule has 0 spiro atoms. The minimum absolute atomic E-state index is 0.146. The summed E-state index contributed by atoms with van der Waals surface area (Å²) in [6, 6.07) is 8.81. The van der Waals surface area contributed by atoms with Crippen molar-refractivity contribution in [3.8, 4) is 5.75 Å². The van der Waals surface area contributed by atoms with Crippen molar-refractivity contribution in [2.45, 2.75) is 6.92 Å². The molecule has 0 atom stereocenters. The average Bonchev–Trinajstić information content (AvgIpc) is 2.45. The van der Waals surface area contributed by atoms with Gasteiger partial charge < -0.3 is 15.8 Å². The van der Waals surface area contributed by atoms with Crippen LogP contribution in [0.3, 0.4) is 0 Å². The third-order valence-electron chi connectivity index (χ3n) is 3.05. The molecule has 0 bridgehead atoms. The van der Waals surface area contributed by atoms with Crippen LogP contribution in [-0.4, -0.2) is 12.1 Å². The van der Waals surface area contributed by atoms with Gasteiger partial charge in [0, 0.05) is 11.3 Å². The van der Waals surface area contributed by atoms with Gasteiger partial charge in [-0.3, -0.25) is 0 Å². The molecule has 2 aromatic rings. The van der Waals surface area contributed by atoms with Crippen LogP contribution >= 0.6 is 28.1 Å². The molecule has 0 aromatic heterocycles. The van der Waals surface area contributed by atoms with Gasteiger partial charge in [-0.15, -0.1) is 0 Å². The number of aryl methyl sites for hydroxylation is 1. The molecule has 0 unspecified atom stereocenters.